The molecule has 0 spiro atoms. The summed E-state index contributed by atoms with van der Waals surface area (Å²) in [6.07, 6.45) is -1.14. The Bertz CT molecular complexity index is 1580. The number of ether oxygens (including phenoxy) is 1. The van der Waals surface area contributed by atoms with Gasteiger partial charge in [0.15, 0.2) is 0 Å². The van der Waals surface area contributed by atoms with Crippen molar-refractivity contribution >= 4 is 57.5 Å². The maximum Gasteiger partial charge on any atom is 0.416 e. The van der Waals surface area contributed by atoms with Gasteiger partial charge in [0.25, 0.3) is 5.91 Å². The van der Waals surface area contributed by atoms with Crippen molar-refractivity contribution in [1.29, 1.82) is 0 Å². The molecule has 38 heavy (non-hydrogen) atoms. The van der Waals surface area contributed by atoms with Gasteiger partial charge in [0.2, 0.25) is 5.95 Å². The number of hydrogen-bond acceptors (Lipinski definition) is 5. The molecule has 0 radical (unpaired) electrons. The Labute approximate surface area is 226 Å². The predicted octanol–water partition coefficient (Wildman–Crippen LogP) is 7.03. The zero-order valence-electron chi connectivity index (χ0n) is 20.7. The van der Waals surface area contributed by atoms with Crippen LogP contribution in [0.15, 0.2) is 42.7 Å². The lowest BCUT2D eigenvalue weighted by molar-refractivity contribution is -0.137. The number of carbonyl (C=O) groups excluding carboxylic acids is 1. The van der Waals surface area contributed by atoms with Crippen molar-refractivity contribution in [2.24, 2.45) is 7.05 Å². The first-order valence-electron chi connectivity index (χ1n) is 11.5. The fraction of sp³-hybridized carbons (Fsp3) is 0.269. The molecule has 5 rings (SSSR count). The number of aryl methyl sites for hydroxylation is 1. The average Bonchev–Trinajstić information content (AvgIpc) is 3.34. The number of rotatable bonds is 4. The lowest BCUT2D eigenvalue weighted by atomic mass is 9.98. The summed E-state index contributed by atoms with van der Waals surface area (Å²) in [5.74, 6) is 0.263. The van der Waals surface area contributed by atoms with Gasteiger partial charge < -0.3 is 19.5 Å². The van der Waals surface area contributed by atoms with Crippen LogP contribution in [0.2, 0.25) is 10.0 Å². The van der Waals surface area contributed by atoms with Crippen LogP contribution in [0.1, 0.15) is 35.3 Å². The van der Waals surface area contributed by atoms with Gasteiger partial charge in [-0.05, 0) is 38.1 Å². The number of halogens is 5. The quantitative estimate of drug-likeness (QED) is 0.288. The number of benzene rings is 2. The summed E-state index contributed by atoms with van der Waals surface area (Å²) in [6.45, 7) is 3.80. The molecule has 7 nitrogen and oxygen atoms in total. The third-order valence-electron chi connectivity index (χ3n) is 6.37. The van der Waals surface area contributed by atoms with E-state index in [4.69, 9.17) is 27.9 Å². The van der Waals surface area contributed by atoms with Crippen molar-refractivity contribution in [3.63, 3.8) is 0 Å². The SMILES string of the molecule is CN(C(=O)c1cc2nc(Nc3c(Cl)cncc3Cl)n(C)c2c2c1OC(C)(C)C2)c1cccc(C(F)(F)F)c1. The van der Waals surface area contributed by atoms with E-state index in [0.717, 1.165) is 23.2 Å². The molecule has 12 heteroatoms. The van der Waals surface area contributed by atoms with Crippen LogP contribution in [0.3, 0.4) is 0 Å². The Morgan fingerprint density at radius 1 is 1.18 bits per heavy atom. The van der Waals surface area contributed by atoms with E-state index in [1.807, 2.05) is 25.5 Å². The number of amides is 1. The normalized spacial score (nSPS) is 14.3. The number of nitrogens with one attached hydrogen (secondary N) is 1. The van der Waals surface area contributed by atoms with Crippen molar-refractivity contribution in [2.45, 2.75) is 32.0 Å². The molecule has 1 aliphatic heterocycles. The number of imidazole rings is 1. The maximum atomic E-state index is 13.7. The first-order valence-corrected chi connectivity index (χ1v) is 12.2. The molecule has 3 heterocycles. The van der Waals surface area contributed by atoms with E-state index in [2.05, 4.69) is 15.3 Å². The van der Waals surface area contributed by atoms with Crippen LogP contribution in [-0.2, 0) is 19.6 Å². The smallest absolute Gasteiger partial charge is 0.416 e. The predicted molar refractivity (Wildman–Crippen MR) is 141 cm³/mol. The first kappa shape index (κ1) is 26.1. The number of aromatic nitrogens is 3. The second kappa shape index (κ2) is 9.06. The van der Waals surface area contributed by atoms with E-state index in [-0.39, 0.29) is 11.3 Å². The van der Waals surface area contributed by atoms with E-state index in [1.165, 1.54) is 36.5 Å². The standard InChI is InChI=1S/C26H22Cl2F3N5O2/c1-25(2)10-16-21-19(33-24(36(21)4)34-20-17(27)11-32-12-18(20)28)9-15(22(16)38-25)23(37)35(3)14-7-5-6-13(8-14)26(29,30)31/h5-9,11-12H,10H2,1-4H3,(H,32,33,34). The number of fused-ring (bicyclic) bond motifs is 3. The molecule has 0 unspecified atom stereocenters. The molecule has 0 aliphatic carbocycles. The van der Waals surface area contributed by atoms with E-state index >= 15 is 0 Å². The highest BCUT2D eigenvalue weighted by Crippen LogP contribution is 2.44. The minimum atomic E-state index is -4.54. The summed E-state index contributed by atoms with van der Waals surface area (Å²) < 4.78 is 47.9. The van der Waals surface area contributed by atoms with Crippen LogP contribution in [-0.4, -0.2) is 33.1 Å². The van der Waals surface area contributed by atoms with Crippen LogP contribution >= 0.6 is 23.2 Å². The van der Waals surface area contributed by atoms with Crippen LogP contribution in [0.4, 0.5) is 30.5 Å². The number of carbonyl (C=O) groups is 1. The fourth-order valence-corrected chi connectivity index (χ4v) is 5.03. The van der Waals surface area contributed by atoms with Crippen molar-refractivity contribution < 1.29 is 22.7 Å². The highest BCUT2D eigenvalue weighted by molar-refractivity contribution is 6.39. The minimum Gasteiger partial charge on any atom is -0.486 e. The molecule has 1 aliphatic rings. The van der Waals surface area contributed by atoms with Crippen molar-refractivity contribution in [1.82, 2.24) is 14.5 Å². The van der Waals surface area contributed by atoms with E-state index < -0.39 is 23.2 Å². The Kier molecular flexibility index (Phi) is 6.23. The summed E-state index contributed by atoms with van der Waals surface area (Å²) >= 11 is 12.5. The molecule has 1 amide bonds. The summed E-state index contributed by atoms with van der Waals surface area (Å²) in [5.41, 5.74) is 1.27. The van der Waals surface area contributed by atoms with Crippen molar-refractivity contribution in [2.75, 3.05) is 17.3 Å². The van der Waals surface area contributed by atoms with Gasteiger partial charge in [-0.3, -0.25) is 9.78 Å². The highest BCUT2D eigenvalue weighted by atomic mass is 35.5. The van der Waals surface area contributed by atoms with Gasteiger partial charge in [-0.25, -0.2) is 4.98 Å². The van der Waals surface area contributed by atoms with Gasteiger partial charge in [-0.2, -0.15) is 13.2 Å². The monoisotopic (exact) mass is 563 g/mol. The zero-order valence-corrected chi connectivity index (χ0v) is 22.3. The third-order valence-corrected chi connectivity index (χ3v) is 6.95. The molecule has 4 aromatic rings. The van der Waals surface area contributed by atoms with Gasteiger partial charge in [0.05, 0.1) is 37.9 Å². The summed E-state index contributed by atoms with van der Waals surface area (Å²) in [4.78, 5) is 23.5. The first-order chi connectivity index (χ1) is 17.8. The number of nitrogens with zero attached hydrogens (tertiary/aromatic N) is 4. The largest absolute Gasteiger partial charge is 0.486 e. The van der Waals surface area contributed by atoms with Gasteiger partial charge in [0, 0.05) is 44.2 Å². The second-order valence-electron chi connectivity index (χ2n) is 9.65. The van der Waals surface area contributed by atoms with E-state index in [0.29, 0.717) is 39.4 Å². The Hall–Kier alpha value is -3.50. The molecule has 0 atom stereocenters. The van der Waals surface area contributed by atoms with Crippen molar-refractivity contribution in [3.8, 4) is 5.75 Å². The Balaban J connectivity index is 1.62. The molecule has 0 saturated heterocycles. The van der Waals surface area contributed by atoms with Crippen LogP contribution in [0.5, 0.6) is 5.75 Å². The van der Waals surface area contributed by atoms with Crippen LogP contribution in [0.25, 0.3) is 11.0 Å². The number of hydrogen-bond donors (Lipinski definition) is 1. The summed E-state index contributed by atoms with van der Waals surface area (Å²) in [5, 5.41) is 3.74. The number of pyridine rings is 1. The lowest BCUT2D eigenvalue weighted by Crippen LogP contribution is -2.28. The molecule has 1 N–H and O–H groups in total. The molecule has 198 valence electrons. The molecule has 2 aromatic heterocycles. The Morgan fingerprint density at radius 2 is 1.87 bits per heavy atom. The van der Waals surface area contributed by atoms with Crippen LogP contribution < -0.4 is 15.0 Å². The topological polar surface area (TPSA) is 72.3 Å². The molecular weight excluding hydrogens is 542 g/mol. The molecular formula is C26H22Cl2F3N5O2. The Morgan fingerprint density at radius 3 is 2.53 bits per heavy atom. The third kappa shape index (κ3) is 4.52. The van der Waals surface area contributed by atoms with Gasteiger partial charge in [-0.15, -0.1) is 0 Å². The summed E-state index contributed by atoms with van der Waals surface area (Å²) in [6, 6.07) is 6.19. The molecule has 0 fully saturated rings. The number of anilines is 3. The zero-order chi connectivity index (χ0) is 27.6. The van der Waals surface area contributed by atoms with Gasteiger partial charge in [0.1, 0.15) is 11.4 Å². The van der Waals surface area contributed by atoms with E-state index in [9.17, 15) is 18.0 Å². The molecule has 0 bridgehead atoms. The molecule has 2 aromatic carbocycles. The number of alkyl halides is 3. The van der Waals surface area contributed by atoms with Gasteiger partial charge >= 0.3 is 6.18 Å². The lowest BCUT2D eigenvalue weighted by Gasteiger charge is -2.21. The summed E-state index contributed by atoms with van der Waals surface area (Å²) in [7, 11) is 3.23. The van der Waals surface area contributed by atoms with Gasteiger partial charge in [-0.1, -0.05) is 29.3 Å². The van der Waals surface area contributed by atoms with Crippen LogP contribution in [0, 0.1) is 0 Å². The highest BCUT2D eigenvalue weighted by Gasteiger charge is 2.38. The maximum absolute atomic E-state index is 13.7. The second-order valence-corrected chi connectivity index (χ2v) is 10.5. The minimum absolute atomic E-state index is 0.0984. The van der Waals surface area contributed by atoms with E-state index in [1.54, 1.807) is 6.07 Å². The molecule has 0 saturated carbocycles. The average molecular weight is 564 g/mol. The van der Waals surface area contributed by atoms with Crippen molar-refractivity contribution in [3.05, 3.63) is 69.5 Å². The fourth-order valence-electron chi connectivity index (χ4n) is 4.57.